The van der Waals surface area contributed by atoms with Crippen LogP contribution in [0.15, 0.2) is 18.2 Å². The Morgan fingerprint density at radius 2 is 2.05 bits per heavy atom. The standard InChI is InChI=1S/C13H17NO5/c1-18-8-12(15)14-6-5-9-3-4-10(13(16)17)7-11(9)19-2/h3-4,7H,5-6,8H2,1-2H3,(H,14,15)(H,16,17). The van der Waals surface area contributed by atoms with Crippen molar-refractivity contribution in [3.8, 4) is 5.75 Å². The summed E-state index contributed by atoms with van der Waals surface area (Å²) >= 11 is 0. The Kier molecular flexibility index (Phi) is 5.81. The van der Waals surface area contributed by atoms with Crippen molar-refractivity contribution in [2.24, 2.45) is 0 Å². The van der Waals surface area contributed by atoms with Gasteiger partial charge < -0.3 is 19.9 Å². The second-order valence-corrected chi connectivity index (χ2v) is 3.86. The number of amides is 1. The van der Waals surface area contributed by atoms with Crippen LogP contribution in [0.25, 0.3) is 0 Å². The van der Waals surface area contributed by atoms with Crippen molar-refractivity contribution in [1.29, 1.82) is 0 Å². The topological polar surface area (TPSA) is 84.9 Å². The fourth-order valence-corrected chi connectivity index (χ4v) is 1.60. The molecule has 6 nitrogen and oxygen atoms in total. The van der Waals surface area contributed by atoms with Crippen LogP contribution in [0, 0.1) is 0 Å². The number of carbonyl (C=O) groups excluding carboxylic acids is 1. The van der Waals surface area contributed by atoms with Crippen molar-refractivity contribution in [2.75, 3.05) is 27.4 Å². The Morgan fingerprint density at radius 3 is 2.63 bits per heavy atom. The molecule has 2 N–H and O–H groups in total. The van der Waals surface area contributed by atoms with Gasteiger partial charge in [-0.3, -0.25) is 4.79 Å². The van der Waals surface area contributed by atoms with E-state index in [9.17, 15) is 9.59 Å². The highest BCUT2D eigenvalue weighted by atomic mass is 16.5. The second kappa shape index (κ2) is 7.38. The Labute approximate surface area is 111 Å². The van der Waals surface area contributed by atoms with Gasteiger partial charge in [-0.2, -0.15) is 0 Å². The Morgan fingerprint density at radius 1 is 1.32 bits per heavy atom. The fraction of sp³-hybridized carbons (Fsp3) is 0.385. The molecule has 0 aliphatic carbocycles. The fourth-order valence-electron chi connectivity index (χ4n) is 1.60. The van der Waals surface area contributed by atoms with Crippen LogP contribution in [-0.2, 0) is 16.0 Å². The number of carboxylic acids is 1. The molecule has 0 aliphatic rings. The van der Waals surface area contributed by atoms with Crippen LogP contribution in [0.1, 0.15) is 15.9 Å². The largest absolute Gasteiger partial charge is 0.496 e. The minimum absolute atomic E-state index is 0.0229. The zero-order valence-electron chi connectivity index (χ0n) is 10.9. The first-order valence-corrected chi connectivity index (χ1v) is 5.74. The third-order valence-electron chi connectivity index (χ3n) is 2.53. The van der Waals surface area contributed by atoms with Crippen LogP contribution in [0.4, 0.5) is 0 Å². The molecule has 0 aliphatic heterocycles. The highest BCUT2D eigenvalue weighted by Crippen LogP contribution is 2.20. The van der Waals surface area contributed by atoms with Gasteiger partial charge >= 0.3 is 5.97 Å². The number of carbonyl (C=O) groups is 2. The van der Waals surface area contributed by atoms with E-state index in [0.717, 1.165) is 5.56 Å². The maximum Gasteiger partial charge on any atom is 0.335 e. The van der Waals surface area contributed by atoms with E-state index >= 15 is 0 Å². The molecule has 0 saturated carbocycles. The van der Waals surface area contributed by atoms with Crippen LogP contribution in [0.5, 0.6) is 5.75 Å². The summed E-state index contributed by atoms with van der Waals surface area (Å²) in [5.74, 6) is -0.692. The van der Waals surface area contributed by atoms with Crippen molar-refractivity contribution in [1.82, 2.24) is 5.32 Å². The summed E-state index contributed by atoms with van der Waals surface area (Å²) in [7, 11) is 2.93. The first-order chi connectivity index (χ1) is 9.08. The lowest BCUT2D eigenvalue weighted by Gasteiger charge is -2.10. The first kappa shape index (κ1) is 15.0. The molecule has 0 unspecified atom stereocenters. The summed E-state index contributed by atoms with van der Waals surface area (Å²) in [5.41, 5.74) is 1.01. The maximum atomic E-state index is 11.2. The molecule has 0 aromatic heterocycles. The van der Waals surface area contributed by atoms with Crippen LogP contribution in [0.3, 0.4) is 0 Å². The number of ether oxygens (including phenoxy) is 2. The maximum absolute atomic E-state index is 11.2. The number of hydrogen-bond donors (Lipinski definition) is 2. The molecule has 1 aromatic carbocycles. The van der Waals surface area contributed by atoms with Gasteiger partial charge in [-0.05, 0) is 24.1 Å². The summed E-state index contributed by atoms with van der Waals surface area (Å²) in [4.78, 5) is 22.0. The number of hydrogen-bond acceptors (Lipinski definition) is 4. The van der Waals surface area contributed by atoms with Crippen molar-refractivity contribution in [3.05, 3.63) is 29.3 Å². The van der Waals surface area contributed by atoms with Crippen molar-refractivity contribution in [2.45, 2.75) is 6.42 Å². The Hall–Kier alpha value is -2.08. The van der Waals surface area contributed by atoms with E-state index in [1.807, 2.05) is 0 Å². The van der Waals surface area contributed by atoms with Gasteiger partial charge in [-0.15, -0.1) is 0 Å². The summed E-state index contributed by atoms with van der Waals surface area (Å²) in [5, 5.41) is 11.6. The molecular formula is C13H17NO5. The van der Waals surface area contributed by atoms with Crippen LogP contribution in [-0.4, -0.2) is 44.4 Å². The molecule has 1 amide bonds. The normalized spacial score (nSPS) is 10.0. The van der Waals surface area contributed by atoms with Crippen molar-refractivity contribution < 1.29 is 24.2 Å². The molecule has 0 saturated heterocycles. The average Bonchev–Trinajstić information content (AvgIpc) is 2.39. The Balaban J connectivity index is 2.63. The molecule has 6 heteroatoms. The molecule has 0 spiro atoms. The van der Waals surface area contributed by atoms with E-state index in [1.54, 1.807) is 6.07 Å². The first-order valence-electron chi connectivity index (χ1n) is 5.74. The lowest BCUT2D eigenvalue weighted by atomic mass is 10.1. The van der Waals surface area contributed by atoms with Gasteiger partial charge in [0.05, 0.1) is 12.7 Å². The molecule has 1 aromatic rings. The third-order valence-corrected chi connectivity index (χ3v) is 2.53. The lowest BCUT2D eigenvalue weighted by Crippen LogP contribution is -2.29. The predicted octanol–water partition coefficient (Wildman–Crippen LogP) is 0.699. The molecule has 0 radical (unpaired) electrons. The van der Waals surface area contributed by atoms with Gasteiger partial charge in [0.2, 0.25) is 5.91 Å². The molecular weight excluding hydrogens is 250 g/mol. The molecule has 0 heterocycles. The van der Waals surface area contributed by atoms with Gasteiger partial charge in [-0.1, -0.05) is 6.07 Å². The minimum atomic E-state index is -1.00. The average molecular weight is 267 g/mol. The van der Waals surface area contributed by atoms with Gasteiger partial charge in [0.1, 0.15) is 12.4 Å². The predicted molar refractivity (Wildman–Crippen MR) is 68.5 cm³/mol. The van der Waals surface area contributed by atoms with Crippen LogP contribution >= 0.6 is 0 Å². The van der Waals surface area contributed by atoms with Crippen LogP contribution in [0.2, 0.25) is 0 Å². The van der Waals surface area contributed by atoms with Gasteiger partial charge in [0.25, 0.3) is 0 Å². The summed E-state index contributed by atoms with van der Waals surface area (Å²) in [6.07, 6.45) is 0.554. The molecule has 0 bridgehead atoms. The molecule has 1 rings (SSSR count). The minimum Gasteiger partial charge on any atom is -0.496 e. The third kappa shape index (κ3) is 4.59. The number of benzene rings is 1. The molecule has 0 fully saturated rings. The number of methoxy groups -OCH3 is 2. The molecule has 104 valence electrons. The van der Waals surface area contributed by atoms with E-state index < -0.39 is 5.97 Å². The smallest absolute Gasteiger partial charge is 0.335 e. The summed E-state index contributed by atoms with van der Waals surface area (Å²) in [6.45, 7) is 0.458. The Bertz CT molecular complexity index is 458. The monoisotopic (exact) mass is 267 g/mol. The van der Waals surface area contributed by atoms with E-state index in [1.165, 1.54) is 26.4 Å². The van der Waals surface area contributed by atoms with Gasteiger partial charge in [0, 0.05) is 13.7 Å². The van der Waals surface area contributed by atoms with E-state index in [0.29, 0.717) is 18.7 Å². The number of rotatable bonds is 7. The van der Waals surface area contributed by atoms with Crippen LogP contribution < -0.4 is 10.1 Å². The number of carboxylic acid groups (broad SMARTS) is 1. The SMILES string of the molecule is COCC(=O)NCCc1ccc(C(=O)O)cc1OC. The highest BCUT2D eigenvalue weighted by molar-refractivity contribution is 5.88. The summed E-state index contributed by atoms with van der Waals surface area (Å²) in [6, 6.07) is 4.66. The van der Waals surface area contributed by atoms with Gasteiger partial charge in [0.15, 0.2) is 0 Å². The molecule has 19 heavy (non-hydrogen) atoms. The van der Waals surface area contributed by atoms with E-state index in [4.69, 9.17) is 14.6 Å². The quantitative estimate of drug-likeness (QED) is 0.759. The van der Waals surface area contributed by atoms with E-state index in [2.05, 4.69) is 5.32 Å². The highest BCUT2D eigenvalue weighted by Gasteiger charge is 2.09. The number of aromatic carboxylic acids is 1. The zero-order chi connectivity index (χ0) is 14.3. The molecule has 0 atom stereocenters. The lowest BCUT2D eigenvalue weighted by molar-refractivity contribution is -0.124. The number of nitrogens with one attached hydrogen (secondary N) is 1. The van der Waals surface area contributed by atoms with Gasteiger partial charge in [-0.25, -0.2) is 4.79 Å². The summed E-state index contributed by atoms with van der Waals surface area (Å²) < 4.78 is 9.83. The second-order valence-electron chi connectivity index (χ2n) is 3.86. The van der Waals surface area contributed by atoms with E-state index in [-0.39, 0.29) is 18.1 Å². The van der Waals surface area contributed by atoms with Crippen molar-refractivity contribution >= 4 is 11.9 Å². The van der Waals surface area contributed by atoms with Crippen molar-refractivity contribution in [3.63, 3.8) is 0 Å². The zero-order valence-corrected chi connectivity index (χ0v) is 10.9.